The molecular weight excluding hydrogens is 231 g/mol. The standard InChI is InChI=1S/C11H16F3N3/c1-7-8(2)17(9-4-5-16(3)6-9)15-10(7)11(12,13)14/h9H,4-6H2,1-3H3. The summed E-state index contributed by atoms with van der Waals surface area (Å²) < 4.78 is 39.7. The van der Waals surface area contributed by atoms with Crippen molar-refractivity contribution in [2.45, 2.75) is 32.5 Å². The number of likely N-dealkylation sites (tertiary alicyclic amines) is 1. The van der Waals surface area contributed by atoms with Crippen molar-refractivity contribution in [3.8, 4) is 0 Å². The second-order valence-corrected chi connectivity index (χ2v) is 4.71. The van der Waals surface area contributed by atoms with E-state index >= 15 is 0 Å². The van der Waals surface area contributed by atoms with Gasteiger partial charge in [-0.1, -0.05) is 0 Å². The minimum atomic E-state index is -4.36. The molecule has 1 aliphatic heterocycles. The summed E-state index contributed by atoms with van der Waals surface area (Å²) in [5.41, 5.74) is 0.120. The Morgan fingerprint density at radius 2 is 1.94 bits per heavy atom. The highest BCUT2D eigenvalue weighted by molar-refractivity contribution is 5.26. The Hall–Kier alpha value is -1.04. The van der Waals surface area contributed by atoms with E-state index < -0.39 is 11.9 Å². The minimum absolute atomic E-state index is 0.0646. The van der Waals surface area contributed by atoms with Crippen molar-refractivity contribution < 1.29 is 13.2 Å². The van der Waals surface area contributed by atoms with Crippen LogP contribution in [0.2, 0.25) is 0 Å². The lowest BCUT2D eigenvalue weighted by Crippen LogP contribution is -2.18. The normalized spacial score (nSPS) is 22.4. The van der Waals surface area contributed by atoms with Gasteiger partial charge in [0.15, 0.2) is 5.69 Å². The zero-order valence-electron chi connectivity index (χ0n) is 10.2. The van der Waals surface area contributed by atoms with E-state index in [9.17, 15) is 13.2 Å². The van der Waals surface area contributed by atoms with Crippen LogP contribution in [0.5, 0.6) is 0 Å². The van der Waals surface area contributed by atoms with Crippen LogP contribution in [0.25, 0.3) is 0 Å². The zero-order chi connectivity index (χ0) is 12.8. The van der Waals surface area contributed by atoms with Gasteiger partial charge in [-0.15, -0.1) is 0 Å². The van der Waals surface area contributed by atoms with Crippen LogP contribution in [0.15, 0.2) is 0 Å². The van der Waals surface area contributed by atoms with Crippen LogP contribution in [-0.4, -0.2) is 34.8 Å². The quantitative estimate of drug-likeness (QED) is 0.759. The Kier molecular flexibility index (Phi) is 2.93. The topological polar surface area (TPSA) is 21.1 Å². The van der Waals surface area contributed by atoms with E-state index in [1.54, 1.807) is 11.6 Å². The fourth-order valence-corrected chi connectivity index (χ4v) is 2.34. The van der Waals surface area contributed by atoms with Gasteiger partial charge in [0.2, 0.25) is 0 Å². The number of alkyl halides is 3. The van der Waals surface area contributed by atoms with Crippen molar-refractivity contribution >= 4 is 0 Å². The molecule has 1 saturated heterocycles. The molecule has 0 amide bonds. The molecule has 0 aromatic carbocycles. The summed E-state index contributed by atoms with van der Waals surface area (Å²) in [6.07, 6.45) is -3.50. The Bertz CT molecular complexity index is 422. The van der Waals surface area contributed by atoms with Crippen LogP contribution in [-0.2, 0) is 6.18 Å². The van der Waals surface area contributed by atoms with Gasteiger partial charge in [0.05, 0.1) is 6.04 Å². The molecule has 1 atom stereocenters. The predicted octanol–water partition coefficient (Wildman–Crippen LogP) is 2.40. The maximum atomic E-state index is 12.7. The van der Waals surface area contributed by atoms with Gasteiger partial charge in [-0.05, 0) is 33.9 Å². The van der Waals surface area contributed by atoms with Crippen molar-refractivity contribution in [2.75, 3.05) is 20.1 Å². The lowest BCUT2D eigenvalue weighted by Gasteiger charge is -2.13. The molecule has 0 radical (unpaired) electrons. The third kappa shape index (κ3) is 2.18. The molecule has 0 saturated carbocycles. The number of likely N-dealkylation sites (N-methyl/N-ethyl adjacent to an activating group) is 1. The lowest BCUT2D eigenvalue weighted by atomic mass is 10.2. The molecule has 3 nitrogen and oxygen atoms in total. The van der Waals surface area contributed by atoms with Gasteiger partial charge in [-0.3, -0.25) is 4.68 Å². The monoisotopic (exact) mass is 247 g/mol. The van der Waals surface area contributed by atoms with E-state index in [0.29, 0.717) is 5.69 Å². The van der Waals surface area contributed by atoms with Crippen molar-refractivity contribution in [1.82, 2.24) is 14.7 Å². The minimum Gasteiger partial charge on any atom is -0.304 e. The Balaban J connectivity index is 2.36. The Morgan fingerprint density at radius 1 is 1.29 bits per heavy atom. The molecular formula is C11H16F3N3. The smallest absolute Gasteiger partial charge is 0.304 e. The van der Waals surface area contributed by atoms with Gasteiger partial charge in [-0.2, -0.15) is 18.3 Å². The van der Waals surface area contributed by atoms with Gasteiger partial charge in [0.25, 0.3) is 0 Å². The summed E-state index contributed by atoms with van der Waals surface area (Å²) >= 11 is 0. The SMILES string of the molecule is Cc1c(C(F)(F)F)nn(C2CCN(C)C2)c1C. The van der Waals surface area contributed by atoms with E-state index in [1.807, 2.05) is 7.05 Å². The maximum absolute atomic E-state index is 12.7. The highest BCUT2D eigenvalue weighted by Gasteiger charge is 2.38. The van der Waals surface area contributed by atoms with E-state index in [4.69, 9.17) is 0 Å². The second kappa shape index (κ2) is 4.01. The first kappa shape index (κ1) is 12.4. The average Bonchev–Trinajstić information content (AvgIpc) is 2.73. The van der Waals surface area contributed by atoms with E-state index in [0.717, 1.165) is 19.5 Å². The summed E-state index contributed by atoms with van der Waals surface area (Å²) in [7, 11) is 1.97. The highest BCUT2D eigenvalue weighted by Crippen LogP contribution is 2.33. The van der Waals surface area contributed by atoms with Gasteiger partial charge < -0.3 is 4.90 Å². The first-order chi connectivity index (χ1) is 7.80. The van der Waals surface area contributed by atoms with Gasteiger partial charge >= 0.3 is 6.18 Å². The summed E-state index contributed by atoms with van der Waals surface area (Å²) in [5, 5.41) is 3.76. The Morgan fingerprint density at radius 3 is 2.35 bits per heavy atom. The van der Waals surface area contributed by atoms with Crippen LogP contribution in [0.3, 0.4) is 0 Å². The molecule has 0 bridgehead atoms. The molecule has 0 aliphatic carbocycles. The number of hydrogen-bond donors (Lipinski definition) is 0. The average molecular weight is 247 g/mol. The van der Waals surface area contributed by atoms with Gasteiger partial charge in [-0.25, -0.2) is 0 Å². The zero-order valence-corrected chi connectivity index (χ0v) is 10.2. The van der Waals surface area contributed by atoms with Gasteiger partial charge in [0, 0.05) is 17.8 Å². The van der Waals surface area contributed by atoms with E-state index in [2.05, 4.69) is 10.00 Å². The molecule has 0 spiro atoms. The fraction of sp³-hybridized carbons (Fsp3) is 0.727. The molecule has 1 fully saturated rings. The molecule has 1 aromatic heterocycles. The highest BCUT2D eigenvalue weighted by atomic mass is 19.4. The molecule has 17 heavy (non-hydrogen) atoms. The molecule has 0 N–H and O–H groups in total. The number of rotatable bonds is 1. The van der Waals surface area contributed by atoms with E-state index in [1.165, 1.54) is 6.92 Å². The number of nitrogens with zero attached hydrogens (tertiary/aromatic N) is 3. The first-order valence-corrected chi connectivity index (χ1v) is 5.62. The molecule has 1 aromatic rings. The summed E-state index contributed by atoms with van der Waals surface area (Å²) in [6, 6.07) is 0.0646. The van der Waals surface area contributed by atoms with Crippen molar-refractivity contribution in [3.63, 3.8) is 0 Å². The summed E-state index contributed by atoms with van der Waals surface area (Å²) in [4.78, 5) is 2.11. The van der Waals surface area contributed by atoms with Crippen LogP contribution < -0.4 is 0 Å². The predicted molar refractivity (Wildman–Crippen MR) is 57.9 cm³/mol. The van der Waals surface area contributed by atoms with Crippen LogP contribution in [0.1, 0.15) is 29.4 Å². The Labute approximate surface area is 98.2 Å². The van der Waals surface area contributed by atoms with Crippen molar-refractivity contribution in [3.05, 3.63) is 17.0 Å². The van der Waals surface area contributed by atoms with Crippen LogP contribution in [0.4, 0.5) is 13.2 Å². The van der Waals surface area contributed by atoms with Crippen LogP contribution >= 0.6 is 0 Å². The molecule has 2 heterocycles. The van der Waals surface area contributed by atoms with Crippen molar-refractivity contribution in [1.29, 1.82) is 0 Å². The number of aromatic nitrogens is 2. The summed E-state index contributed by atoms with van der Waals surface area (Å²) in [6.45, 7) is 4.86. The molecule has 2 rings (SSSR count). The fourth-order valence-electron chi connectivity index (χ4n) is 2.34. The molecule has 6 heteroatoms. The maximum Gasteiger partial charge on any atom is 0.435 e. The molecule has 1 aliphatic rings. The van der Waals surface area contributed by atoms with Crippen LogP contribution in [0, 0.1) is 13.8 Å². The van der Waals surface area contributed by atoms with Gasteiger partial charge in [0.1, 0.15) is 0 Å². The van der Waals surface area contributed by atoms with Crippen molar-refractivity contribution in [2.24, 2.45) is 0 Å². The third-order valence-corrected chi connectivity index (χ3v) is 3.43. The molecule has 96 valence electrons. The lowest BCUT2D eigenvalue weighted by molar-refractivity contribution is -0.142. The summed E-state index contributed by atoms with van der Waals surface area (Å²) in [5.74, 6) is 0. The third-order valence-electron chi connectivity index (χ3n) is 3.43. The largest absolute Gasteiger partial charge is 0.435 e. The number of hydrogen-bond acceptors (Lipinski definition) is 2. The van der Waals surface area contributed by atoms with E-state index in [-0.39, 0.29) is 11.6 Å². The first-order valence-electron chi connectivity index (χ1n) is 5.62. The second-order valence-electron chi connectivity index (χ2n) is 4.71. The molecule has 1 unspecified atom stereocenters. The number of halogens is 3.